The highest BCUT2D eigenvalue weighted by atomic mass is 79.9. The molecule has 0 aliphatic rings. The van der Waals surface area contributed by atoms with Crippen LogP contribution in [0.25, 0.3) is 0 Å². The Morgan fingerprint density at radius 3 is 2.25 bits per heavy atom. The molecule has 2 N–H and O–H groups in total. The minimum atomic E-state index is -3.75. The van der Waals surface area contributed by atoms with E-state index in [1.807, 2.05) is 50.2 Å². The maximum Gasteiger partial charge on any atom is 0.262 e. The molecular weight excluding hydrogens is 492 g/mol. The molecule has 0 atom stereocenters. The number of benzene rings is 3. The monoisotopic (exact) mass is 516 g/mol. The zero-order valence-corrected chi connectivity index (χ0v) is 20.5. The van der Waals surface area contributed by atoms with Gasteiger partial charge in [0.2, 0.25) is 0 Å². The summed E-state index contributed by atoms with van der Waals surface area (Å²) in [5.74, 6) is 0.233. The molecule has 0 aliphatic heterocycles. The molecule has 3 aromatic carbocycles. The van der Waals surface area contributed by atoms with Crippen LogP contribution in [0.1, 0.15) is 23.6 Å². The Morgan fingerprint density at radius 1 is 1.00 bits per heavy atom. The number of ether oxygens (including phenoxy) is 1. The summed E-state index contributed by atoms with van der Waals surface area (Å²) in [6.07, 6.45) is 0.908. The minimum Gasteiger partial charge on any atom is -0.483 e. The van der Waals surface area contributed by atoms with Gasteiger partial charge in [-0.1, -0.05) is 31.2 Å². The first kappa shape index (κ1) is 23.8. The number of hydrogen-bond acceptors (Lipinski definition) is 4. The lowest BCUT2D eigenvalue weighted by molar-refractivity contribution is -0.118. The zero-order chi connectivity index (χ0) is 23.3. The number of sulfonamides is 1. The second-order valence-corrected chi connectivity index (χ2v) is 9.89. The summed E-state index contributed by atoms with van der Waals surface area (Å²) in [6.45, 7) is 5.59. The molecule has 168 valence electrons. The molecule has 1 amide bonds. The first-order valence-corrected chi connectivity index (χ1v) is 12.4. The third-order valence-electron chi connectivity index (χ3n) is 4.93. The SMILES string of the molecule is CCc1ccc(OCC(=O)Nc2ccc(S(=O)(=O)Nc3c(C)cccc3C)cc2)c(Br)c1. The number of halogens is 1. The van der Waals surface area contributed by atoms with E-state index in [0.717, 1.165) is 27.6 Å². The van der Waals surface area contributed by atoms with Crippen molar-refractivity contribution in [3.8, 4) is 5.75 Å². The molecule has 8 heteroatoms. The van der Waals surface area contributed by atoms with Gasteiger partial charge < -0.3 is 10.1 Å². The van der Waals surface area contributed by atoms with Gasteiger partial charge in [0.25, 0.3) is 15.9 Å². The molecule has 0 heterocycles. The van der Waals surface area contributed by atoms with Crippen molar-refractivity contribution in [1.82, 2.24) is 0 Å². The van der Waals surface area contributed by atoms with Gasteiger partial charge in [-0.2, -0.15) is 0 Å². The van der Waals surface area contributed by atoms with Crippen LogP contribution in [0, 0.1) is 13.8 Å². The average molecular weight is 517 g/mol. The van der Waals surface area contributed by atoms with Gasteiger partial charge in [0.15, 0.2) is 6.61 Å². The van der Waals surface area contributed by atoms with Crippen LogP contribution in [-0.2, 0) is 21.2 Å². The second kappa shape index (κ2) is 10.2. The highest BCUT2D eigenvalue weighted by Crippen LogP contribution is 2.27. The maximum atomic E-state index is 12.8. The minimum absolute atomic E-state index is 0.106. The molecule has 3 aromatic rings. The number of carbonyl (C=O) groups excluding carboxylic acids is 1. The van der Waals surface area contributed by atoms with Crippen molar-refractivity contribution in [2.24, 2.45) is 0 Å². The van der Waals surface area contributed by atoms with E-state index in [2.05, 4.69) is 32.9 Å². The summed E-state index contributed by atoms with van der Waals surface area (Å²) in [4.78, 5) is 12.3. The molecule has 6 nitrogen and oxygen atoms in total. The van der Waals surface area contributed by atoms with Gasteiger partial charge in [0.1, 0.15) is 5.75 Å². The Morgan fingerprint density at radius 2 is 1.66 bits per heavy atom. The molecule has 0 radical (unpaired) electrons. The van der Waals surface area contributed by atoms with Crippen molar-refractivity contribution in [2.45, 2.75) is 32.1 Å². The lowest BCUT2D eigenvalue weighted by atomic mass is 10.1. The number of rotatable bonds is 8. The van der Waals surface area contributed by atoms with Crippen LogP contribution in [0.2, 0.25) is 0 Å². The summed E-state index contributed by atoms with van der Waals surface area (Å²) in [6, 6.07) is 17.3. The number of amides is 1. The molecule has 0 saturated heterocycles. The fourth-order valence-electron chi connectivity index (χ4n) is 3.11. The topological polar surface area (TPSA) is 84.5 Å². The van der Waals surface area contributed by atoms with Crippen molar-refractivity contribution in [3.63, 3.8) is 0 Å². The third kappa shape index (κ3) is 5.89. The van der Waals surface area contributed by atoms with Crippen molar-refractivity contribution >= 4 is 43.2 Å². The average Bonchev–Trinajstić information content (AvgIpc) is 2.76. The van der Waals surface area contributed by atoms with Crippen molar-refractivity contribution in [2.75, 3.05) is 16.6 Å². The van der Waals surface area contributed by atoms with E-state index < -0.39 is 10.0 Å². The number of hydrogen-bond donors (Lipinski definition) is 2. The first-order valence-electron chi connectivity index (χ1n) is 10.1. The lowest BCUT2D eigenvalue weighted by Crippen LogP contribution is -2.20. The second-order valence-electron chi connectivity index (χ2n) is 7.35. The van der Waals surface area contributed by atoms with Gasteiger partial charge in [-0.3, -0.25) is 9.52 Å². The predicted molar refractivity (Wildman–Crippen MR) is 131 cm³/mol. The Labute approximate surface area is 197 Å². The van der Waals surface area contributed by atoms with Crippen LogP contribution in [0.4, 0.5) is 11.4 Å². The van der Waals surface area contributed by atoms with E-state index in [9.17, 15) is 13.2 Å². The molecule has 0 aliphatic carbocycles. The van der Waals surface area contributed by atoms with Crippen LogP contribution in [0.5, 0.6) is 5.75 Å². The van der Waals surface area contributed by atoms with E-state index in [1.54, 1.807) is 12.1 Å². The largest absolute Gasteiger partial charge is 0.483 e. The lowest BCUT2D eigenvalue weighted by Gasteiger charge is -2.14. The number of carbonyl (C=O) groups is 1. The molecule has 0 spiro atoms. The molecule has 0 unspecified atom stereocenters. The normalized spacial score (nSPS) is 11.1. The summed E-state index contributed by atoms with van der Waals surface area (Å²) in [5, 5.41) is 2.71. The molecule has 0 fully saturated rings. The van der Waals surface area contributed by atoms with Crippen LogP contribution in [0.15, 0.2) is 70.0 Å². The fraction of sp³-hybridized carbons (Fsp3) is 0.208. The standard InChI is InChI=1S/C24H25BrN2O4S/c1-4-18-8-13-22(21(25)14-18)31-15-23(28)26-19-9-11-20(12-10-19)32(29,30)27-24-16(2)6-5-7-17(24)3/h5-14,27H,4,15H2,1-3H3,(H,26,28). The van der Waals surface area contributed by atoms with Gasteiger partial charge in [0.05, 0.1) is 15.1 Å². The first-order chi connectivity index (χ1) is 15.2. The van der Waals surface area contributed by atoms with E-state index >= 15 is 0 Å². The summed E-state index contributed by atoms with van der Waals surface area (Å²) in [5.41, 5.74) is 3.89. The van der Waals surface area contributed by atoms with E-state index in [4.69, 9.17) is 4.74 Å². The highest BCUT2D eigenvalue weighted by Gasteiger charge is 2.17. The smallest absolute Gasteiger partial charge is 0.262 e. The zero-order valence-electron chi connectivity index (χ0n) is 18.1. The van der Waals surface area contributed by atoms with Crippen molar-refractivity contribution < 1.29 is 17.9 Å². The van der Waals surface area contributed by atoms with Crippen LogP contribution < -0.4 is 14.8 Å². The Hall–Kier alpha value is -2.84. The fourth-order valence-corrected chi connectivity index (χ4v) is 4.85. The Kier molecular flexibility index (Phi) is 7.58. The highest BCUT2D eigenvalue weighted by molar-refractivity contribution is 9.10. The third-order valence-corrected chi connectivity index (χ3v) is 6.91. The molecule has 3 rings (SSSR count). The summed E-state index contributed by atoms with van der Waals surface area (Å²) >= 11 is 3.44. The number of nitrogens with one attached hydrogen (secondary N) is 2. The maximum absolute atomic E-state index is 12.8. The predicted octanol–water partition coefficient (Wildman–Crippen LogP) is 5.45. The Bertz CT molecular complexity index is 1200. The number of para-hydroxylation sites is 1. The number of anilines is 2. The molecule has 32 heavy (non-hydrogen) atoms. The van der Waals surface area contributed by atoms with Gasteiger partial charge in [-0.25, -0.2) is 8.42 Å². The Balaban J connectivity index is 1.62. The van der Waals surface area contributed by atoms with E-state index in [-0.39, 0.29) is 17.4 Å². The quantitative estimate of drug-likeness (QED) is 0.417. The van der Waals surface area contributed by atoms with Crippen molar-refractivity contribution in [1.29, 1.82) is 0 Å². The molecule has 0 aromatic heterocycles. The van der Waals surface area contributed by atoms with Gasteiger partial charge >= 0.3 is 0 Å². The van der Waals surface area contributed by atoms with Gasteiger partial charge in [0, 0.05) is 5.69 Å². The van der Waals surface area contributed by atoms with Crippen LogP contribution in [0.3, 0.4) is 0 Å². The van der Waals surface area contributed by atoms with Gasteiger partial charge in [-0.05, 0) is 89.3 Å². The molecule has 0 saturated carbocycles. The van der Waals surface area contributed by atoms with Crippen LogP contribution >= 0.6 is 15.9 Å². The molecule has 0 bridgehead atoms. The van der Waals surface area contributed by atoms with Crippen LogP contribution in [-0.4, -0.2) is 20.9 Å². The molecular formula is C24H25BrN2O4S. The van der Waals surface area contributed by atoms with Crippen molar-refractivity contribution in [3.05, 3.63) is 81.8 Å². The van der Waals surface area contributed by atoms with E-state index in [1.165, 1.54) is 12.1 Å². The summed E-state index contributed by atoms with van der Waals surface area (Å²) in [7, 11) is -3.75. The van der Waals surface area contributed by atoms with E-state index in [0.29, 0.717) is 17.1 Å². The van der Waals surface area contributed by atoms with Gasteiger partial charge in [-0.15, -0.1) is 0 Å². The summed E-state index contributed by atoms with van der Waals surface area (Å²) < 4.78 is 34.5. The number of aryl methyl sites for hydroxylation is 3.